The summed E-state index contributed by atoms with van der Waals surface area (Å²) in [5.74, 6) is 0. The molecule has 0 bridgehead atoms. The number of nitrogens with zero attached hydrogens (tertiary/aromatic N) is 2. The average Bonchev–Trinajstić information content (AvgIpc) is 2.74. The zero-order valence-corrected chi connectivity index (χ0v) is 14.1. The van der Waals surface area contributed by atoms with Crippen LogP contribution >= 0.6 is 0 Å². The van der Waals surface area contributed by atoms with Gasteiger partial charge in [-0.15, -0.1) is 0 Å². The van der Waals surface area contributed by atoms with Gasteiger partial charge < -0.3 is 0 Å². The molecule has 2 nitrogen and oxygen atoms in total. The lowest BCUT2D eigenvalue weighted by molar-refractivity contribution is 1.30. The van der Waals surface area contributed by atoms with Gasteiger partial charge in [-0.3, -0.25) is 0 Å². The van der Waals surface area contributed by atoms with Gasteiger partial charge in [0.1, 0.15) is 0 Å². The molecule has 0 N–H and O–H groups in total. The van der Waals surface area contributed by atoms with Crippen LogP contribution in [0.5, 0.6) is 0 Å². The van der Waals surface area contributed by atoms with Crippen LogP contribution in [0.3, 0.4) is 0 Å². The van der Waals surface area contributed by atoms with Crippen LogP contribution in [0.4, 0.5) is 0 Å². The molecule has 0 unspecified atom stereocenters. The Morgan fingerprint density at radius 2 is 1.31 bits per heavy atom. The first-order valence-electron chi connectivity index (χ1n) is 8.68. The van der Waals surface area contributed by atoms with Gasteiger partial charge in [-0.25, -0.2) is 9.97 Å². The highest BCUT2D eigenvalue weighted by atomic mass is 14.8. The Bertz CT molecular complexity index is 1210. The van der Waals surface area contributed by atoms with Crippen LogP contribution in [-0.4, -0.2) is 9.97 Å². The van der Waals surface area contributed by atoms with E-state index in [-0.39, 0.29) is 0 Å². The van der Waals surface area contributed by atoms with Crippen molar-refractivity contribution in [3.05, 3.63) is 97.3 Å². The van der Waals surface area contributed by atoms with Gasteiger partial charge in [-0.1, -0.05) is 72.8 Å². The smallest absolute Gasteiger partial charge is 0.160 e. The van der Waals surface area contributed by atoms with Crippen LogP contribution in [0.25, 0.3) is 44.1 Å². The lowest BCUT2D eigenvalue weighted by atomic mass is 9.96. The Hall–Kier alpha value is -3.52. The first-order chi connectivity index (χ1) is 12.9. The fourth-order valence-corrected chi connectivity index (χ4v) is 3.51. The lowest BCUT2D eigenvalue weighted by Crippen LogP contribution is -1.90. The molecule has 0 fully saturated rings. The van der Waals surface area contributed by atoms with Gasteiger partial charge in [0.25, 0.3) is 0 Å². The van der Waals surface area contributed by atoms with E-state index in [2.05, 4.69) is 82.8 Å². The SMILES string of the molecule is c1ccc(-c2ccc3c(cnc4nccc(-c5ccccc5)c43)c2)cc1. The maximum absolute atomic E-state index is 4.62. The number of benzene rings is 3. The maximum Gasteiger partial charge on any atom is 0.160 e. The van der Waals surface area contributed by atoms with Crippen molar-refractivity contribution in [1.29, 1.82) is 0 Å². The van der Waals surface area contributed by atoms with E-state index in [0.717, 1.165) is 16.4 Å². The molecule has 0 aliphatic heterocycles. The Balaban J connectivity index is 1.80. The third-order valence-corrected chi connectivity index (χ3v) is 4.77. The second-order valence-corrected chi connectivity index (χ2v) is 6.35. The Morgan fingerprint density at radius 3 is 2.08 bits per heavy atom. The molecular weight excluding hydrogens is 316 g/mol. The van der Waals surface area contributed by atoms with E-state index in [1.165, 1.54) is 27.6 Å². The largest absolute Gasteiger partial charge is 0.237 e. The summed E-state index contributed by atoms with van der Waals surface area (Å²) in [6, 6.07) is 29.5. The number of aromatic nitrogens is 2. The number of hydrogen-bond donors (Lipinski definition) is 0. The second kappa shape index (κ2) is 6.08. The summed E-state index contributed by atoms with van der Waals surface area (Å²) in [5.41, 5.74) is 5.54. The molecule has 5 rings (SSSR count). The summed E-state index contributed by atoms with van der Waals surface area (Å²) >= 11 is 0. The van der Waals surface area contributed by atoms with Crippen LogP contribution in [0, 0.1) is 0 Å². The Labute approximate surface area is 151 Å². The lowest BCUT2D eigenvalue weighted by Gasteiger charge is -2.10. The van der Waals surface area contributed by atoms with Gasteiger partial charge >= 0.3 is 0 Å². The van der Waals surface area contributed by atoms with Crippen molar-refractivity contribution in [2.75, 3.05) is 0 Å². The molecule has 0 saturated carbocycles. The average molecular weight is 332 g/mol. The standard InChI is InChI=1S/C24H16N2/c1-3-7-17(8-4-1)19-11-12-21-20(15-19)16-26-24-23(21)22(13-14-25-24)18-9-5-2-6-10-18/h1-16H. The van der Waals surface area contributed by atoms with Crippen molar-refractivity contribution in [3.8, 4) is 22.3 Å². The molecule has 3 aromatic carbocycles. The maximum atomic E-state index is 4.62. The summed E-state index contributed by atoms with van der Waals surface area (Å²) in [6.07, 6.45) is 3.76. The summed E-state index contributed by atoms with van der Waals surface area (Å²) in [4.78, 5) is 9.11. The van der Waals surface area contributed by atoms with E-state index in [1.807, 2.05) is 24.5 Å². The highest BCUT2D eigenvalue weighted by molar-refractivity contribution is 6.12. The highest BCUT2D eigenvalue weighted by Gasteiger charge is 2.10. The van der Waals surface area contributed by atoms with Gasteiger partial charge in [-0.2, -0.15) is 0 Å². The minimum absolute atomic E-state index is 0.784. The molecule has 122 valence electrons. The number of hydrogen-bond acceptors (Lipinski definition) is 2. The van der Waals surface area contributed by atoms with Crippen LogP contribution in [0.2, 0.25) is 0 Å². The monoisotopic (exact) mass is 332 g/mol. The molecule has 2 aromatic heterocycles. The molecule has 0 aliphatic carbocycles. The van der Waals surface area contributed by atoms with Crippen molar-refractivity contribution in [2.24, 2.45) is 0 Å². The first kappa shape index (κ1) is 14.8. The molecule has 0 spiro atoms. The van der Waals surface area contributed by atoms with Crippen LogP contribution in [0.1, 0.15) is 0 Å². The molecule has 2 heteroatoms. The molecule has 0 atom stereocenters. The summed E-state index contributed by atoms with van der Waals surface area (Å²) in [7, 11) is 0. The summed E-state index contributed by atoms with van der Waals surface area (Å²) in [5, 5.41) is 3.42. The van der Waals surface area contributed by atoms with Crippen molar-refractivity contribution in [1.82, 2.24) is 9.97 Å². The van der Waals surface area contributed by atoms with E-state index in [1.54, 1.807) is 0 Å². The number of fused-ring (bicyclic) bond motifs is 3. The minimum Gasteiger partial charge on any atom is -0.237 e. The van der Waals surface area contributed by atoms with E-state index in [0.29, 0.717) is 0 Å². The second-order valence-electron chi connectivity index (χ2n) is 6.35. The fourth-order valence-electron chi connectivity index (χ4n) is 3.51. The molecule has 2 heterocycles. The van der Waals surface area contributed by atoms with Crippen LogP contribution in [-0.2, 0) is 0 Å². The molecule has 0 aliphatic rings. The van der Waals surface area contributed by atoms with Crippen molar-refractivity contribution in [2.45, 2.75) is 0 Å². The molecule has 0 radical (unpaired) electrons. The zero-order chi connectivity index (χ0) is 17.3. The summed E-state index contributed by atoms with van der Waals surface area (Å²) in [6.45, 7) is 0. The Morgan fingerprint density at radius 1 is 0.577 bits per heavy atom. The van der Waals surface area contributed by atoms with Crippen molar-refractivity contribution in [3.63, 3.8) is 0 Å². The van der Waals surface area contributed by atoms with Gasteiger partial charge in [-0.05, 0) is 39.8 Å². The minimum atomic E-state index is 0.784. The van der Waals surface area contributed by atoms with E-state index in [4.69, 9.17) is 0 Å². The molecule has 0 amide bonds. The van der Waals surface area contributed by atoms with Gasteiger partial charge in [0, 0.05) is 23.2 Å². The molecule has 26 heavy (non-hydrogen) atoms. The third kappa shape index (κ3) is 2.44. The normalized spacial score (nSPS) is 11.1. The van der Waals surface area contributed by atoms with Crippen molar-refractivity contribution < 1.29 is 0 Å². The van der Waals surface area contributed by atoms with Gasteiger partial charge in [0.15, 0.2) is 5.65 Å². The predicted octanol–water partition coefficient (Wildman–Crippen LogP) is 6.12. The highest BCUT2D eigenvalue weighted by Crippen LogP contribution is 2.34. The molecular formula is C24H16N2. The first-order valence-corrected chi connectivity index (χ1v) is 8.68. The third-order valence-electron chi connectivity index (χ3n) is 4.77. The number of pyridine rings is 2. The summed E-state index contributed by atoms with van der Waals surface area (Å²) < 4.78 is 0. The van der Waals surface area contributed by atoms with Crippen LogP contribution in [0.15, 0.2) is 97.3 Å². The van der Waals surface area contributed by atoms with E-state index in [9.17, 15) is 0 Å². The van der Waals surface area contributed by atoms with E-state index >= 15 is 0 Å². The van der Waals surface area contributed by atoms with Crippen LogP contribution < -0.4 is 0 Å². The molecule has 0 saturated heterocycles. The molecule has 5 aromatic rings. The van der Waals surface area contributed by atoms with E-state index < -0.39 is 0 Å². The zero-order valence-electron chi connectivity index (χ0n) is 14.1. The van der Waals surface area contributed by atoms with Gasteiger partial charge in [0.2, 0.25) is 0 Å². The predicted molar refractivity (Wildman–Crippen MR) is 108 cm³/mol. The fraction of sp³-hybridized carbons (Fsp3) is 0. The Kier molecular flexibility index (Phi) is 3.46. The topological polar surface area (TPSA) is 25.8 Å². The van der Waals surface area contributed by atoms with Gasteiger partial charge in [0.05, 0.1) is 0 Å². The number of rotatable bonds is 2. The quantitative estimate of drug-likeness (QED) is 0.364. The van der Waals surface area contributed by atoms with Crippen molar-refractivity contribution >= 4 is 21.8 Å².